The minimum Gasteiger partial charge on any atom is -0.389 e. The van der Waals surface area contributed by atoms with E-state index in [9.17, 15) is 9.90 Å². The molecule has 0 aromatic carbocycles. The molecule has 0 radical (unpaired) electrons. The van der Waals surface area contributed by atoms with E-state index in [1.807, 2.05) is 0 Å². The van der Waals surface area contributed by atoms with Crippen LogP contribution in [0.5, 0.6) is 0 Å². The third-order valence-corrected chi connectivity index (χ3v) is 3.17. The lowest BCUT2D eigenvalue weighted by atomic mass is 10.2. The first-order valence-electron chi connectivity index (χ1n) is 4.88. The van der Waals surface area contributed by atoms with Crippen LogP contribution in [0, 0.1) is 0 Å². The fourth-order valence-corrected chi connectivity index (χ4v) is 2.40. The first kappa shape index (κ1) is 12.8. The van der Waals surface area contributed by atoms with Crippen molar-refractivity contribution in [3.05, 3.63) is 0 Å². The summed E-state index contributed by atoms with van der Waals surface area (Å²) in [5.74, 6) is 1.67. The minimum atomic E-state index is -0.613. The Labute approximate surface area is 94.2 Å². The summed E-state index contributed by atoms with van der Waals surface area (Å²) in [6.07, 6.45) is -0.613. The highest BCUT2D eigenvalue weighted by Gasteiger charge is 2.26. The monoisotopic (exact) mass is 234 g/mol. The Bertz CT molecular complexity index is 210. The number of likely N-dealkylation sites (N-methyl/N-ethyl adjacent to an activating group) is 1. The summed E-state index contributed by atoms with van der Waals surface area (Å²) in [5, 5.41) is 12.6. The summed E-state index contributed by atoms with van der Waals surface area (Å²) in [6, 6.07) is -0.102. The van der Waals surface area contributed by atoms with Gasteiger partial charge < -0.3 is 14.7 Å². The first-order valence-corrected chi connectivity index (χ1v) is 6.03. The van der Waals surface area contributed by atoms with Gasteiger partial charge >= 0.3 is 0 Å². The van der Waals surface area contributed by atoms with E-state index in [2.05, 4.69) is 5.32 Å². The van der Waals surface area contributed by atoms with Crippen LogP contribution in [0.15, 0.2) is 0 Å². The Morgan fingerprint density at radius 3 is 3.07 bits per heavy atom. The molecule has 1 fully saturated rings. The number of nitrogens with one attached hydrogen (secondary N) is 1. The van der Waals surface area contributed by atoms with E-state index in [4.69, 9.17) is 4.74 Å². The Balaban J connectivity index is 2.31. The molecule has 88 valence electrons. The molecular formula is C9H18N2O3S. The largest absolute Gasteiger partial charge is 0.389 e. The van der Waals surface area contributed by atoms with Gasteiger partial charge in [-0.15, -0.1) is 11.8 Å². The number of carbonyl (C=O) groups excluding carboxylic acids is 1. The number of hydrogen-bond donors (Lipinski definition) is 2. The lowest BCUT2D eigenvalue weighted by molar-refractivity contribution is -0.133. The van der Waals surface area contributed by atoms with Crippen LogP contribution in [0.25, 0.3) is 0 Å². The Kier molecular flexibility index (Phi) is 5.38. The molecule has 5 nitrogen and oxygen atoms in total. The van der Waals surface area contributed by atoms with E-state index < -0.39 is 6.10 Å². The molecule has 1 aliphatic heterocycles. The zero-order chi connectivity index (χ0) is 11.3. The molecule has 1 heterocycles. The number of ether oxygens (including phenoxy) is 1. The molecule has 0 bridgehead atoms. The number of amides is 1. The summed E-state index contributed by atoms with van der Waals surface area (Å²) in [7, 11) is 3.23. The number of methoxy groups -OCH3 is 1. The molecule has 1 saturated heterocycles. The fraction of sp³-hybridized carbons (Fsp3) is 0.889. The highest BCUT2D eigenvalue weighted by Crippen LogP contribution is 2.11. The zero-order valence-corrected chi connectivity index (χ0v) is 9.92. The quantitative estimate of drug-likeness (QED) is 0.646. The third-order valence-electron chi connectivity index (χ3n) is 2.23. The van der Waals surface area contributed by atoms with Crippen LogP contribution >= 0.6 is 11.8 Å². The molecule has 6 heteroatoms. The SMILES string of the molecule is COCC(O)CN(C)C(=O)C1CSCN1. The summed E-state index contributed by atoms with van der Waals surface area (Å²) in [6.45, 7) is 0.569. The molecule has 0 spiro atoms. The number of hydrogen-bond acceptors (Lipinski definition) is 5. The van der Waals surface area contributed by atoms with E-state index in [-0.39, 0.29) is 18.6 Å². The van der Waals surface area contributed by atoms with Gasteiger partial charge in [0, 0.05) is 32.3 Å². The lowest BCUT2D eigenvalue weighted by Crippen LogP contribution is -2.46. The van der Waals surface area contributed by atoms with Gasteiger partial charge in [-0.2, -0.15) is 0 Å². The van der Waals surface area contributed by atoms with Crippen LogP contribution in [0.2, 0.25) is 0 Å². The van der Waals surface area contributed by atoms with Crippen molar-refractivity contribution >= 4 is 17.7 Å². The molecule has 2 atom stereocenters. The van der Waals surface area contributed by atoms with Crippen molar-refractivity contribution in [1.82, 2.24) is 10.2 Å². The van der Waals surface area contributed by atoms with Gasteiger partial charge in [-0.05, 0) is 0 Å². The highest BCUT2D eigenvalue weighted by molar-refractivity contribution is 7.99. The molecule has 2 unspecified atom stereocenters. The summed E-state index contributed by atoms with van der Waals surface area (Å²) < 4.78 is 4.80. The standard InChI is InChI=1S/C9H18N2O3S/c1-11(3-7(12)4-14-2)9(13)8-5-15-6-10-8/h7-8,10,12H,3-6H2,1-2H3. The maximum absolute atomic E-state index is 11.8. The number of thioether (sulfide) groups is 1. The lowest BCUT2D eigenvalue weighted by Gasteiger charge is -2.23. The smallest absolute Gasteiger partial charge is 0.240 e. The van der Waals surface area contributed by atoms with Crippen LogP contribution in [0.3, 0.4) is 0 Å². The van der Waals surface area contributed by atoms with E-state index in [1.54, 1.807) is 23.7 Å². The summed E-state index contributed by atoms with van der Waals surface area (Å²) >= 11 is 1.71. The van der Waals surface area contributed by atoms with Crippen LogP contribution in [-0.4, -0.2) is 67.0 Å². The van der Waals surface area contributed by atoms with Crippen molar-refractivity contribution in [2.45, 2.75) is 12.1 Å². The van der Waals surface area contributed by atoms with Gasteiger partial charge in [-0.3, -0.25) is 10.1 Å². The number of aliphatic hydroxyl groups is 1. The van der Waals surface area contributed by atoms with Crippen molar-refractivity contribution in [2.75, 3.05) is 38.9 Å². The van der Waals surface area contributed by atoms with Crippen molar-refractivity contribution in [3.63, 3.8) is 0 Å². The van der Waals surface area contributed by atoms with Gasteiger partial charge in [0.1, 0.15) is 0 Å². The van der Waals surface area contributed by atoms with E-state index in [1.165, 1.54) is 7.11 Å². The van der Waals surface area contributed by atoms with Gasteiger partial charge in [-0.1, -0.05) is 0 Å². The Morgan fingerprint density at radius 2 is 2.53 bits per heavy atom. The highest BCUT2D eigenvalue weighted by atomic mass is 32.2. The zero-order valence-electron chi connectivity index (χ0n) is 9.10. The predicted molar refractivity (Wildman–Crippen MR) is 59.8 cm³/mol. The van der Waals surface area contributed by atoms with Gasteiger partial charge in [0.2, 0.25) is 5.91 Å². The Morgan fingerprint density at radius 1 is 1.80 bits per heavy atom. The molecule has 0 aromatic rings. The number of rotatable bonds is 5. The van der Waals surface area contributed by atoms with Crippen LogP contribution < -0.4 is 5.32 Å². The molecule has 1 rings (SSSR count). The average Bonchev–Trinajstić information content (AvgIpc) is 2.69. The molecular weight excluding hydrogens is 216 g/mol. The summed E-state index contributed by atoms with van der Waals surface area (Å²) in [4.78, 5) is 13.3. The number of nitrogens with zero attached hydrogens (tertiary/aromatic N) is 1. The van der Waals surface area contributed by atoms with E-state index in [0.717, 1.165) is 11.6 Å². The minimum absolute atomic E-state index is 0.0372. The number of carbonyl (C=O) groups is 1. The van der Waals surface area contributed by atoms with E-state index in [0.29, 0.717) is 6.54 Å². The molecule has 0 saturated carbocycles. The molecule has 1 aliphatic rings. The van der Waals surface area contributed by atoms with Crippen LogP contribution in [0.1, 0.15) is 0 Å². The van der Waals surface area contributed by atoms with Crippen molar-refractivity contribution in [2.24, 2.45) is 0 Å². The average molecular weight is 234 g/mol. The van der Waals surface area contributed by atoms with Gasteiger partial charge in [0.05, 0.1) is 18.8 Å². The van der Waals surface area contributed by atoms with Crippen molar-refractivity contribution in [1.29, 1.82) is 0 Å². The fourth-order valence-electron chi connectivity index (χ4n) is 1.47. The van der Waals surface area contributed by atoms with Crippen molar-refractivity contribution in [3.8, 4) is 0 Å². The normalized spacial score (nSPS) is 22.7. The molecule has 2 N–H and O–H groups in total. The molecule has 0 aliphatic carbocycles. The third kappa shape index (κ3) is 3.98. The van der Waals surface area contributed by atoms with Crippen LogP contribution in [-0.2, 0) is 9.53 Å². The molecule has 1 amide bonds. The molecule has 15 heavy (non-hydrogen) atoms. The van der Waals surface area contributed by atoms with Crippen LogP contribution in [0.4, 0.5) is 0 Å². The number of aliphatic hydroxyl groups excluding tert-OH is 1. The summed E-state index contributed by atoms with van der Waals surface area (Å²) in [5.41, 5.74) is 0. The second-order valence-corrected chi connectivity index (χ2v) is 4.63. The predicted octanol–water partition coefficient (Wildman–Crippen LogP) is -0.885. The maximum atomic E-state index is 11.8. The first-order chi connectivity index (χ1) is 7.15. The van der Waals surface area contributed by atoms with Gasteiger partial charge in [-0.25, -0.2) is 0 Å². The topological polar surface area (TPSA) is 61.8 Å². The Hall–Kier alpha value is -0.300. The molecule has 0 aromatic heterocycles. The van der Waals surface area contributed by atoms with Gasteiger partial charge in [0.15, 0.2) is 0 Å². The maximum Gasteiger partial charge on any atom is 0.240 e. The second kappa shape index (κ2) is 6.32. The van der Waals surface area contributed by atoms with Gasteiger partial charge in [0.25, 0.3) is 0 Å². The van der Waals surface area contributed by atoms with E-state index >= 15 is 0 Å². The van der Waals surface area contributed by atoms with Crippen molar-refractivity contribution < 1.29 is 14.6 Å². The second-order valence-electron chi connectivity index (χ2n) is 3.60.